The summed E-state index contributed by atoms with van der Waals surface area (Å²) in [7, 11) is 0. The summed E-state index contributed by atoms with van der Waals surface area (Å²) in [6.07, 6.45) is 4.02. The quantitative estimate of drug-likeness (QED) is 0.656. The molecule has 1 amide bonds. The molecule has 0 bridgehead atoms. The highest BCUT2D eigenvalue weighted by molar-refractivity contribution is 7.80. The van der Waals surface area contributed by atoms with Crippen molar-refractivity contribution in [2.45, 2.75) is 30.9 Å². The Hall–Kier alpha value is -1.58. The molecule has 6 heteroatoms. The lowest BCUT2D eigenvalue weighted by molar-refractivity contribution is -0.127. The van der Waals surface area contributed by atoms with Crippen LogP contribution in [0, 0.1) is 23.2 Å². The first kappa shape index (κ1) is 16.3. The number of hydrogen-bond donors (Lipinski definition) is 2. The summed E-state index contributed by atoms with van der Waals surface area (Å²) < 4.78 is 1.16. The minimum Gasteiger partial charge on any atom is -0.343 e. The number of aromatic nitrogens is 1. The highest BCUT2D eigenvalue weighted by Gasteiger charge is 2.36. The average Bonchev–Trinajstić information content (AvgIpc) is 3.03. The number of thiazole rings is 1. The molecular formula is C17H19N3OS2. The second-order valence-corrected chi connectivity index (χ2v) is 7.51. The number of para-hydroxylation sites is 1. The number of nitrogens with zero attached hydrogens (tertiary/aromatic N) is 2. The van der Waals surface area contributed by atoms with E-state index in [1.54, 1.807) is 11.3 Å². The first-order chi connectivity index (χ1) is 11.2. The van der Waals surface area contributed by atoms with Crippen molar-refractivity contribution in [3.63, 3.8) is 0 Å². The van der Waals surface area contributed by atoms with Crippen molar-refractivity contribution in [2.75, 3.05) is 6.54 Å². The Morgan fingerprint density at radius 2 is 2.22 bits per heavy atom. The van der Waals surface area contributed by atoms with Crippen LogP contribution in [0.2, 0.25) is 0 Å². The fraction of sp³-hybridized carbons (Fsp3) is 0.471. The van der Waals surface area contributed by atoms with Gasteiger partial charge in [0.1, 0.15) is 11.6 Å². The second kappa shape index (κ2) is 7.33. The zero-order chi connectivity index (χ0) is 16.2. The highest BCUT2D eigenvalue weighted by atomic mass is 32.1. The smallest absolute Gasteiger partial charge is 0.224 e. The third-order valence-corrected chi connectivity index (χ3v) is 6.39. The fourth-order valence-corrected chi connectivity index (χ4v) is 4.92. The summed E-state index contributed by atoms with van der Waals surface area (Å²) in [5.41, 5.74) is 0.993. The van der Waals surface area contributed by atoms with Gasteiger partial charge in [-0.1, -0.05) is 25.0 Å². The largest absolute Gasteiger partial charge is 0.343 e. The zero-order valence-electron chi connectivity index (χ0n) is 12.7. The molecule has 23 heavy (non-hydrogen) atoms. The third-order valence-electron chi connectivity index (χ3n) is 4.47. The monoisotopic (exact) mass is 345 g/mol. The van der Waals surface area contributed by atoms with Gasteiger partial charge in [0.15, 0.2) is 0 Å². The van der Waals surface area contributed by atoms with Gasteiger partial charge < -0.3 is 5.32 Å². The summed E-state index contributed by atoms with van der Waals surface area (Å²) in [6.45, 7) is 0.0699. The number of carbonyl (C=O) groups is 1. The SMILES string of the molecule is N#CCNC(=O)[C@H]1CCCC[C@@H]1C(S)c1nc2ccccc2s1. The number of fused-ring (bicyclic) bond motifs is 1. The number of amides is 1. The van der Waals surface area contributed by atoms with E-state index >= 15 is 0 Å². The number of nitrogens with one attached hydrogen (secondary N) is 1. The van der Waals surface area contributed by atoms with Gasteiger partial charge in [0, 0.05) is 5.92 Å². The number of carbonyl (C=O) groups excluding carboxylic acids is 1. The molecule has 1 aromatic carbocycles. The Balaban J connectivity index is 1.81. The molecule has 0 aliphatic heterocycles. The molecular weight excluding hydrogens is 326 g/mol. The van der Waals surface area contributed by atoms with E-state index in [0.29, 0.717) is 0 Å². The molecule has 1 aliphatic rings. The molecule has 3 atom stereocenters. The van der Waals surface area contributed by atoms with E-state index in [2.05, 4.69) is 11.4 Å². The molecule has 0 saturated heterocycles. The number of rotatable bonds is 4. The summed E-state index contributed by atoms with van der Waals surface area (Å²) in [5.74, 6) is 0.0781. The molecule has 1 N–H and O–H groups in total. The Morgan fingerprint density at radius 3 is 3.00 bits per heavy atom. The molecule has 120 valence electrons. The van der Waals surface area contributed by atoms with Crippen molar-refractivity contribution in [2.24, 2.45) is 11.8 Å². The highest BCUT2D eigenvalue weighted by Crippen LogP contribution is 2.44. The van der Waals surface area contributed by atoms with Crippen LogP contribution in [-0.2, 0) is 4.79 Å². The molecule has 1 heterocycles. The van der Waals surface area contributed by atoms with Gasteiger partial charge in [-0.25, -0.2) is 4.98 Å². The van der Waals surface area contributed by atoms with E-state index < -0.39 is 0 Å². The van der Waals surface area contributed by atoms with Crippen molar-refractivity contribution in [1.29, 1.82) is 5.26 Å². The van der Waals surface area contributed by atoms with Gasteiger partial charge >= 0.3 is 0 Å². The van der Waals surface area contributed by atoms with Crippen LogP contribution < -0.4 is 5.32 Å². The second-order valence-electron chi connectivity index (χ2n) is 5.90. The summed E-state index contributed by atoms with van der Waals surface area (Å²) in [6, 6.07) is 10.0. The van der Waals surface area contributed by atoms with Crippen molar-refractivity contribution in [3.8, 4) is 6.07 Å². The standard InChI is InChI=1S/C17H19N3OS2/c18-9-10-19-16(21)12-6-2-1-5-11(12)15(22)17-20-13-7-3-4-8-14(13)23-17/h3-4,7-8,11-12,15,22H,1-2,5-6,10H2,(H,19,21)/t11-,12-,15?/m0/s1. The molecule has 3 rings (SSSR count). The predicted octanol–water partition coefficient (Wildman–Crippen LogP) is 3.71. The van der Waals surface area contributed by atoms with Crippen LogP contribution in [0.25, 0.3) is 10.2 Å². The molecule has 1 aliphatic carbocycles. The van der Waals surface area contributed by atoms with Crippen molar-refractivity contribution in [1.82, 2.24) is 10.3 Å². The predicted molar refractivity (Wildman–Crippen MR) is 95.4 cm³/mol. The lowest BCUT2D eigenvalue weighted by Crippen LogP contribution is -2.38. The van der Waals surface area contributed by atoms with E-state index in [1.165, 1.54) is 0 Å². The van der Waals surface area contributed by atoms with Crippen LogP contribution >= 0.6 is 24.0 Å². The van der Waals surface area contributed by atoms with Crippen molar-refractivity contribution >= 4 is 40.1 Å². The van der Waals surface area contributed by atoms with Gasteiger partial charge in [0.2, 0.25) is 5.91 Å². The molecule has 0 spiro atoms. The van der Waals surface area contributed by atoms with Crippen LogP contribution in [0.15, 0.2) is 24.3 Å². The average molecular weight is 345 g/mol. The van der Waals surface area contributed by atoms with Gasteiger partial charge in [-0.2, -0.15) is 17.9 Å². The fourth-order valence-electron chi connectivity index (χ4n) is 3.32. The van der Waals surface area contributed by atoms with Crippen LogP contribution in [0.1, 0.15) is 35.9 Å². The molecule has 1 fully saturated rings. The Bertz CT molecular complexity index is 704. The molecule has 2 aromatic rings. The van der Waals surface area contributed by atoms with E-state index in [1.807, 2.05) is 24.3 Å². The van der Waals surface area contributed by atoms with Crippen molar-refractivity contribution in [3.05, 3.63) is 29.3 Å². The maximum absolute atomic E-state index is 12.4. The van der Waals surface area contributed by atoms with E-state index in [9.17, 15) is 4.79 Å². The lowest BCUT2D eigenvalue weighted by atomic mass is 9.76. The van der Waals surface area contributed by atoms with Crippen LogP contribution in [-0.4, -0.2) is 17.4 Å². The normalized spacial score (nSPS) is 22.4. The number of thiol groups is 1. The Kier molecular flexibility index (Phi) is 5.19. The van der Waals surface area contributed by atoms with Crippen molar-refractivity contribution < 1.29 is 4.79 Å². The lowest BCUT2D eigenvalue weighted by Gasteiger charge is -2.33. The van der Waals surface area contributed by atoms with E-state index in [4.69, 9.17) is 22.9 Å². The van der Waals surface area contributed by atoms with Gasteiger partial charge in [-0.15, -0.1) is 11.3 Å². The van der Waals surface area contributed by atoms with Crippen LogP contribution in [0.5, 0.6) is 0 Å². The minimum atomic E-state index is -0.0772. The van der Waals surface area contributed by atoms with Crippen LogP contribution in [0.3, 0.4) is 0 Å². The maximum Gasteiger partial charge on any atom is 0.224 e. The molecule has 1 saturated carbocycles. The van der Waals surface area contributed by atoms with E-state index in [0.717, 1.165) is 40.9 Å². The summed E-state index contributed by atoms with van der Waals surface area (Å²) in [5, 5.41) is 12.3. The molecule has 4 nitrogen and oxygen atoms in total. The summed E-state index contributed by atoms with van der Waals surface area (Å²) >= 11 is 6.48. The zero-order valence-corrected chi connectivity index (χ0v) is 14.4. The minimum absolute atomic E-state index is 0.0172. The number of hydrogen-bond acceptors (Lipinski definition) is 5. The van der Waals surface area contributed by atoms with Crippen LogP contribution in [0.4, 0.5) is 0 Å². The molecule has 0 radical (unpaired) electrons. The van der Waals surface area contributed by atoms with Gasteiger partial charge in [-0.3, -0.25) is 4.79 Å². The van der Waals surface area contributed by atoms with Gasteiger partial charge in [0.25, 0.3) is 0 Å². The molecule has 1 unspecified atom stereocenters. The van der Waals surface area contributed by atoms with E-state index in [-0.39, 0.29) is 29.5 Å². The summed E-state index contributed by atoms with van der Waals surface area (Å²) in [4.78, 5) is 17.1. The number of benzene rings is 1. The number of nitriles is 1. The first-order valence-electron chi connectivity index (χ1n) is 7.89. The molecule has 1 aromatic heterocycles. The Labute approximate surface area is 145 Å². The third kappa shape index (κ3) is 3.51. The van der Waals surface area contributed by atoms with Gasteiger partial charge in [0.05, 0.1) is 21.5 Å². The maximum atomic E-state index is 12.4. The first-order valence-corrected chi connectivity index (χ1v) is 9.22. The topological polar surface area (TPSA) is 65.8 Å². The van der Waals surface area contributed by atoms with Gasteiger partial charge in [-0.05, 0) is 30.9 Å². The Morgan fingerprint density at radius 1 is 1.43 bits per heavy atom.